The van der Waals surface area contributed by atoms with Crippen molar-refractivity contribution >= 4 is 28.3 Å². The molecule has 3 aromatic rings. The Morgan fingerprint density at radius 3 is 2.75 bits per heavy atom. The maximum absolute atomic E-state index is 13.4. The summed E-state index contributed by atoms with van der Waals surface area (Å²) >= 11 is 1.32. The lowest BCUT2D eigenvalue weighted by atomic mass is 10.1. The minimum absolute atomic E-state index is 0.272. The van der Waals surface area contributed by atoms with Crippen molar-refractivity contribution in [2.75, 3.05) is 5.32 Å². The molecule has 0 aliphatic rings. The Labute approximate surface area is 164 Å². The first kappa shape index (κ1) is 19.2. The van der Waals surface area contributed by atoms with Crippen LogP contribution in [-0.2, 0) is 6.42 Å². The van der Waals surface area contributed by atoms with E-state index < -0.39 is 16.4 Å². The van der Waals surface area contributed by atoms with E-state index in [1.165, 1.54) is 29.2 Å². The largest absolute Gasteiger partial charge is 0.360 e. The summed E-state index contributed by atoms with van der Waals surface area (Å²) in [6.07, 6.45) is 2.36. The number of aryl methyl sites for hydroxylation is 1. The van der Waals surface area contributed by atoms with Crippen LogP contribution in [0.5, 0.6) is 0 Å². The molecule has 0 spiro atoms. The van der Waals surface area contributed by atoms with Gasteiger partial charge >= 0.3 is 5.69 Å². The van der Waals surface area contributed by atoms with Gasteiger partial charge in [0, 0.05) is 28.9 Å². The van der Waals surface area contributed by atoms with Gasteiger partial charge in [-0.15, -0.1) is 11.3 Å². The van der Waals surface area contributed by atoms with Gasteiger partial charge in [-0.05, 0) is 24.1 Å². The first-order valence-corrected chi connectivity index (χ1v) is 9.25. The summed E-state index contributed by atoms with van der Waals surface area (Å²) in [7, 11) is 0. The van der Waals surface area contributed by atoms with Crippen LogP contribution in [-0.4, -0.2) is 9.91 Å². The molecule has 0 aliphatic heterocycles. The van der Waals surface area contributed by atoms with Crippen LogP contribution in [0.15, 0.2) is 54.0 Å². The fourth-order valence-corrected chi connectivity index (χ4v) is 3.28. The Kier molecular flexibility index (Phi) is 5.77. The first-order chi connectivity index (χ1) is 13.5. The molecule has 0 atom stereocenters. The molecule has 1 aromatic heterocycles. The van der Waals surface area contributed by atoms with Gasteiger partial charge in [-0.3, -0.25) is 10.1 Å². The molecule has 8 heteroatoms. The molecule has 0 saturated heterocycles. The molecule has 2 aromatic carbocycles. The number of thiazole rings is 1. The summed E-state index contributed by atoms with van der Waals surface area (Å²) in [5.74, 6) is -0.918. The first-order valence-electron chi connectivity index (χ1n) is 8.37. The molecule has 1 heterocycles. The molecule has 0 bridgehead atoms. The summed E-state index contributed by atoms with van der Waals surface area (Å²) in [4.78, 5) is 14.5. The molecule has 28 heavy (non-hydrogen) atoms. The number of hydrogen-bond acceptors (Lipinski definition) is 6. The Bertz CT molecular complexity index is 1080. The zero-order chi connectivity index (χ0) is 20.1. The normalized spacial score (nSPS) is 11.1. The number of anilines is 1. The van der Waals surface area contributed by atoms with Gasteiger partial charge in [0.2, 0.25) is 5.82 Å². The molecule has 6 nitrogen and oxygen atoms in total. The molecule has 0 unspecified atom stereocenters. The Morgan fingerprint density at radius 2 is 2.11 bits per heavy atom. The summed E-state index contributed by atoms with van der Waals surface area (Å²) in [5.41, 5.74) is 2.89. The van der Waals surface area contributed by atoms with Gasteiger partial charge in [-0.1, -0.05) is 31.2 Å². The monoisotopic (exact) mass is 394 g/mol. The number of benzene rings is 2. The Morgan fingerprint density at radius 1 is 1.36 bits per heavy atom. The van der Waals surface area contributed by atoms with Crippen LogP contribution in [0.3, 0.4) is 0 Å². The highest BCUT2D eigenvalue weighted by Crippen LogP contribution is 2.27. The lowest BCUT2D eigenvalue weighted by molar-refractivity contribution is -0.387. The summed E-state index contributed by atoms with van der Waals surface area (Å²) < 4.78 is 13.4. The van der Waals surface area contributed by atoms with Crippen molar-refractivity contribution in [3.63, 3.8) is 0 Å². The number of nitro groups is 1. The average Bonchev–Trinajstić information content (AvgIpc) is 3.19. The number of halogens is 1. The highest BCUT2D eigenvalue weighted by atomic mass is 32.1. The number of allylic oxidation sites excluding steroid dienone is 1. The second-order valence-electron chi connectivity index (χ2n) is 5.83. The number of nitriles is 1. The summed E-state index contributed by atoms with van der Waals surface area (Å²) in [5, 5.41) is 25.4. The third kappa shape index (κ3) is 4.22. The van der Waals surface area contributed by atoms with Gasteiger partial charge < -0.3 is 5.32 Å². The van der Waals surface area contributed by atoms with Crippen LogP contribution in [0.2, 0.25) is 0 Å². The predicted molar refractivity (Wildman–Crippen MR) is 107 cm³/mol. The minimum atomic E-state index is -0.918. The van der Waals surface area contributed by atoms with E-state index in [-0.39, 0.29) is 5.57 Å². The molecule has 0 amide bonds. The van der Waals surface area contributed by atoms with Gasteiger partial charge in [-0.2, -0.15) is 9.65 Å². The van der Waals surface area contributed by atoms with E-state index in [0.29, 0.717) is 10.7 Å². The molecule has 0 fully saturated rings. The Balaban J connectivity index is 1.82. The average molecular weight is 394 g/mol. The number of nitro benzene ring substituents is 1. The molecule has 3 rings (SSSR count). The lowest BCUT2D eigenvalue weighted by Gasteiger charge is -2.02. The van der Waals surface area contributed by atoms with Gasteiger partial charge in [0.1, 0.15) is 16.6 Å². The zero-order valence-corrected chi connectivity index (χ0v) is 15.7. The van der Waals surface area contributed by atoms with Crippen molar-refractivity contribution in [1.29, 1.82) is 5.26 Å². The van der Waals surface area contributed by atoms with Crippen LogP contribution < -0.4 is 5.32 Å². The van der Waals surface area contributed by atoms with Crippen molar-refractivity contribution in [2.45, 2.75) is 13.3 Å². The van der Waals surface area contributed by atoms with Crippen molar-refractivity contribution in [3.05, 3.63) is 80.5 Å². The van der Waals surface area contributed by atoms with E-state index >= 15 is 0 Å². The van der Waals surface area contributed by atoms with Crippen molar-refractivity contribution in [2.24, 2.45) is 0 Å². The highest BCUT2D eigenvalue weighted by Gasteiger charge is 2.14. The van der Waals surface area contributed by atoms with E-state index in [4.69, 9.17) is 0 Å². The number of nitrogens with zero attached hydrogens (tertiary/aromatic N) is 3. The van der Waals surface area contributed by atoms with Crippen LogP contribution in [0.1, 0.15) is 17.5 Å². The molecule has 140 valence electrons. The van der Waals surface area contributed by atoms with Crippen LogP contribution in [0.25, 0.3) is 16.8 Å². The minimum Gasteiger partial charge on any atom is -0.360 e. The van der Waals surface area contributed by atoms with E-state index in [1.807, 2.05) is 29.6 Å². The number of hydrogen-bond donors (Lipinski definition) is 1. The molecule has 0 radical (unpaired) electrons. The molecule has 0 aliphatic carbocycles. The van der Waals surface area contributed by atoms with E-state index in [2.05, 4.69) is 23.3 Å². The number of aromatic nitrogens is 1. The fraction of sp³-hybridized carbons (Fsp3) is 0.100. The second-order valence-corrected chi connectivity index (χ2v) is 6.68. The van der Waals surface area contributed by atoms with Crippen LogP contribution in [0, 0.1) is 27.3 Å². The van der Waals surface area contributed by atoms with Gasteiger partial charge in [0.15, 0.2) is 0 Å². The highest BCUT2D eigenvalue weighted by molar-refractivity contribution is 7.11. The molecular weight excluding hydrogens is 379 g/mol. The maximum atomic E-state index is 13.4. The molecule has 1 N–H and O–H groups in total. The number of nitrogens with one attached hydrogen (secondary N) is 1. The standard InChI is InChI=1S/C20H15FN4O2S/c1-2-13-3-5-14(6-4-13)18-12-28-20(24-18)15(10-22)11-23-16-7-8-17(21)19(9-16)25(26)27/h3-9,11-12,23H,2H2,1H3/b15-11+. The predicted octanol–water partition coefficient (Wildman–Crippen LogP) is 5.40. The zero-order valence-electron chi connectivity index (χ0n) is 14.8. The third-order valence-corrected chi connectivity index (χ3v) is 4.91. The smallest absolute Gasteiger partial charge is 0.306 e. The SMILES string of the molecule is CCc1ccc(-c2csc(/C(C#N)=C/Nc3ccc(F)c([N+](=O)[O-])c3)n2)cc1. The van der Waals surface area contributed by atoms with Crippen LogP contribution >= 0.6 is 11.3 Å². The van der Waals surface area contributed by atoms with Gasteiger partial charge in [-0.25, -0.2) is 4.98 Å². The summed E-state index contributed by atoms with van der Waals surface area (Å²) in [6, 6.07) is 13.6. The third-order valence-electron chi connectivity index (χ3n) is 4.04. The van der Waals surface area contributed by atoms with E-state index in [1.54, 1.807) is 0 Å². The van der Waals surface area contributed by atoms with Gasteiger partial charge in [0.05, 0.1) is 10.6 Å². The molecule has 0 saturated carbocycles. The topological polar surface area (TPSA) is 91.8 Å². The van der Waals surface area contributed by atoms with Gasteiger partial charge in [0.25, 0.3) is 0 Å². The van der Waals surface area contributed by atoms with Crippen molar-refractivity contribution < 1.29 is 9.31 Å². The second kappa shape index (κ2) is 8.41. The quantitative estimate of drug-likeness (QED) is 0.343. The fourth-order valence-electron chi connectivity index (χ4n) is 2.48. The Hall–Kier alpha value is -3.57. The molecular formula is C20H15FN4O2S. The van der Waals surface area contributed by atoms with Crippen LogP contribution in [0.4, 0.5) is 15.8 Å². The van der Waals surface area contributed by atoms with E-state index in [9.17, 15) is 19.8 Å². The lowest BCUT2D eigenvalue weighted by Crippen LogP contribution is -1.96. The maximum Gasteiger partial charge on any atom is 0.306 e. The van der Waals surface area contributed by atoms with Crippen molar-refractivity contribution in [1.82, 2.24) is 4.98 Å². The van der Waals surface area contributed by atoms with Crippen molar-refractivity contribution in [3.8, 4) is 17.3 Å². The summed E-state index contributed by atoms with van der Waals surface area (Å²) in [6.45, 7) is 2.09. The van der Waals surface area contributed by atoms with E-state index in [0.717, 1.165) is 29.8 Å². The number of rotatable bonds is 6.